The number of amides is 1. The highest BCUT2D eigenvalue weighted by Crippen LogP contribution is 2.25. The van der Waals surface area contributed by atoms with Crippen molar-refractivity contribution in [3.63, 3.8) is 0 Å². The Bertz CT molecular complexity index is 838. The summed E-state index contributed by atoms with van der Waals surface area (Å²) < 4.78 is 5.30. The Balaban J connectivity index is 1.45. The monoisotopic (exact) mass is 397 g/mol. The molecule has 154 valence electrons. The van der Waals surface area contributed by atoms with Crippen LogP contribution in [-0.2, 0) is 17.9 Å². The molecule has 1 N–H and O–H groups in total. The van der Waals surface area contributed by atoms with Crippen molar-refractivity contribution in [1.82, 2.24) is 10.2 Å². The van der Waals surface area contributed by atoms with Crippen LogP contribution in [-0.4, -0.2) is 34.9 Å². The average Bonchev–Trinajstić information content (AvgIpc) is 2.73. The van der Waals surface area contributed by atoms with Gasteiger partial charge in [0.05, 0.1) is 4.92 Å². The Hall–Kier alpha value is -2.93. The smallest absolute Gasteiger partial charge is 0.310 e. The predicted molar refractivity (Wildman–Crippen MR) is 111 cm³/mol. The van der Waals surface area contributed by atoms with Gasteiger partial charge in [-0.2, -0.15) is 0 Å². The number of para-hydroxylation sites is 2. The molecule has 0 saturated carbocycles. The molecule has 1 fully saturated rings. The standard InChI is InChI=1S/C22H27N3O4/c1-17-6-4-5-13-24(17)15-19-11-9-18(10-12-19)14-23-22(26)16-29-21-8-3-2-7-20(21)25(27)28/h2-3,7-12,17H,4-6,13-16H2,1H3,(H,23,26)/t17-/m0/s1. The van der Waals surface area contributed by atoms with E-state index in [9.17, 15) is 14.9 Å². The molecule has 1 amide bonds. The number of carbonyl (C=O) groups excluding carboxylic acids is 1. The molecule has 1 aliphatic heterocycles. The topological polar surface area (TPSA) is 84.7 Å². The Labute approximate surface area is 170 Å². The molecule has 0 bridgehead atoms. The fourth-order valence-corrected chi connectivity index (χ4v) is 3.51. The molecule has 1 aliphatic rings. The van der Waals surface area contributed by atoms with Gasteiger partial charge in [-0.1, -0.05) is 42.8 Å². The van der Waals surface area contributed by atoms with Gasteiger partial charge in [0.25, 0.3) is 5.91 Å². The highest BCUT2D eigenvalue weighted by molar-refractivity contribution is 5.77. The molecule has 2 aromatic rings. The van der Waals surface area contributed by atoms with Crippen LogP contribution in [0.15, 0.2) is 48.5 Å². The first kappa shape index (κ1) is 20.8. The molecular formula is C22H27N3O4. The maximum atomic E-state index is 12.0. The zero-order valence-electron chi connectivity index (χ0n) is 16.7. The second kappa shape index (κ2) is 10.0. The third-order valence-corrected chi connectivity index (χ3v) is 5.26. The normalized spacial score (nSPS) is 16.9. The van der Waals surface area contributed by atoms with Gasteiger partial charge < -0.3 is 10.1 Å². The molecule has 1 saturated heterocycles. The third-order valence-electron chi connectivity index (χ3n) is 5.26. The van der Waals surface area contributed by atoms with Crippen molar-refractivity contribution >= 4 is 11.6 Å². The van der Waals surface area contributed by atoms with Gasteiger partial charge in [0, 0.05) is 25.2 Å². The summed E-state index contributed by atoms with van der Waals surface area (Å²) in [5, 5.41) is 13.8. The SMILES string of the molecule is C[C@H]1CCCCN1Cc1ccc(CNC(=O)COc2ccccc2[N+](=O)[O-])cc1. The van der Waals surface area contributed by atoms with Gasteiger partial charge in [0.2, 0.25) is 0 Å². The maximum absolute atomic E-state index is 12.0. The van der Waals surface area contributed by atoms with E-state index in [1.165, 1.54) is 37.0 Å². The van der Waals surface area contributed by atoms with E-state index >= 15 is 0 Å². The molecule has 0 aromatic heterocycles. The van der Waals surface area contributed by atoms with Crippen molar-refractivity contribution in [2.24, 2.45) is 0 Å². The predicted octanol–water partition coefficient (Wildman–Crippen LogP) is 3.66. The summed E-state index contributed by atoms with van der Waals surface area (Å²) in [5.41, 5.74) is 2.12. The summed E-state index contributed by atoms with van der Waals surface area (Å²) in [4.78, 5) is 25.0. The molecule has 0 aliphatic carbocycles. The lowest BCUT2D eigenvalue weighted by Crippen LogP contribution is -2.36. The van der Waals surface area contributed by atoms with Crippen molar-refractivity contribution in [3.05, 3.63) is 69.8 Å². The Morgan fingerprint density at radius 2 is 1.90 bits per heavy atom. The second-order valence-corrected chi connectivity index (χ2v) is 7.42. The van der Waals surface area contributed by atoms with E-state index in [1.54, 1.807) is 12.1 Å². The number of hydrogen-bond acceptors (Lipinski definition) is 5. The summed E-state index contributed by atoms with van der Waals surface area (Å²) in [7, 11) is 0. The number of nitro groups is 1. The zero-order chi connectivity index (χ0) is 20.6. The molecule has 7 nitrogen and oxygen atoms in total. The van der Waals surface area contributed by atoms with E-state index in [4.69, 9.17) is 4.74 Å². The number of nitro benzene ring substituents is 1. The number of likely N-dealkylation sites (tertiary alicyclic amines) is 1. The van der Waals surface area contributed by atoms with E-state index in [1.807, 2.05) is 12.1 Å². The molecule has 3 rings (SSSR count). The number of nitrogens with zero attached hydrogens (tertiary/aromatic N) is 2. The third kappa shape index (κ3) is 6.02. The van der Waals surface area contributed by atoms with Crippen LogP contribution in [0, 0.1) is 10.1 Å². The van der Waals surface area contributed by atoms with Gasteiger partial charge >= 0.3 is 5.69 Å². The van der Waals surface area contributed by atoms with E-state index in [2.05, 4.69) is 29.3 Å². The first-order chi connectivity index (χ1) is 14.0. The summed E-state index contributed by atoms with van der Waals surface area (Å²) in [5.74, 6) is -0.238. The minimum absolute atomic E-state index is 0.0870. The van der Waals surface area contributed by atoms with E-state index in [0.29, 0.717) is 12.6 Å². The van der Waals surface area contributed by atoms with E-state index in [0.717, 1.165) is 18.7 Å². The minimum atomic E-state index is -0.528. The van der Waals surface area contributed by atoms with Crippen LogP contribution >= 0.6 is 0 Å². The van der Waals surface area contributed by atoms with Gasteiger partial charge in [0.15, 0.2) is 12.4 Å². The lowest BCUT2D eigenvalue weighted by molar-refractivity contribution is -0.385. The molecule has 0 unspecified atom stereocenters. The number of carbonyl (C=O) groups is 1. The Kier molecular flexibility index (Phi) is 7.19. The van der Waals surface area contributed by atoms with Crippen LogP contribution in [0.5, 0.6) is 5.75 Å². The number of piperidine rings is 1. The molecular weight excluding hydrogens is 370 g/mol. The summed E-state index contributed by atoms with van der Waals surface area (Å²) in [6.45, 7) is 4.51. The lowest BCUT2D eigenvalue weighted by atomic mass is 10.0. The molecule has 1 heterocycles. The van der Waals surface area contributed by atoms with E-state index in [-0.39, 0.29) is 24.0 Å². The first-order valence-electron chi connectivity index (χ1n) is 9.97. The van der Waals surface area contributed by atoms with Gasteiger partial charge in [-0.15, -0.1) is 0 Å². The van der Waals surface area contributed by atoms with E-state index < -0.39 is 4.92 Å². The van der Waals surface area contributed by atoms with Crippen LogP contribution in [0.3, 0.4) is 0 Å². The number of nitrogens with one attached hydrogen (secondary N) is 1. The van der Waals surface area contributed by atoms with Crippen LogP contribution < -0.4 is 10.1 Å². The fraction of sp³-hybridized carbons (Fsp3) is 0.409. The Morgan fingerprint density at radius 1 is 1.17 bits per heavy atom. The van der Waals surface area contributed by atoms with Crippen LogP contribution in [0.1, 0.15) is 37.3 Å². The largest absolute Gasteiger partial charge is 0.477 e. The highest BCUT2D eigenvalue weighted by atomic mass is 16.6. The minimum Gasteiger partial charge on any atom is -0.477 e. The lowest BCUT2D eigenvalue weighted by Gasteiger charge is -2.33. The van der Waals surface area contributed by atoms with Crippen molar-refractivity contribution < 1.29 is 14.5 Å². The number of benzene rings is 2. The van der Waals surface area contributed by atoms with Gasteiger partial charge in [0.1, 0.15) is 0 Å². The average molecular weight is 397 g/mol. The second-order valence-electron chi connectivity index (χ2n) is 7.42. The van der Waals surface area contributed by atoms with Crippen LogP contribution in [0.4, 0.5) is 5.69 Å². The summed E-state index contributed by atoms with van der Waals surface area (Å²) in [6, 6.07) is 14.9. The number of ether oxygens (including phenoxy) is 1. The molecule has 29 heavy (non-hydrogen) atoms. The fourth-order valence-electron chi connectivity index (χ4n) is 3.51. The zero-order valence-corrected chi connectivity index (χ0v) is 16.7. The van der Waals surface area contributed by atoms with Gasteiger partial charge in [-0.05, 0) is 43.5 Å². The Morgan fingerprint density at radius 3 is 2.62 bits per heavy atom. The highest BCUT2D eigenvalue weighted by Gasteiger charge is 2.18. The molecule has 7 heteroatoms. The molecule has 0 spiro atoms. The number of hydrogen-bond donors (Lipinski definition) is 1. The summed E-state index contributed by atoms with van der Waals surface area (Å²) >= 11 is 0. The van der Waals surface area contributed by atoms with Crippen LogP contribution in [0.25, 0.3) is 0 Å². The molecule has 1 atom stereocenters. The molecule has 0 radical (unpaired) electrons. The summed E-state index contributed by atoms with van der Waals surface area (Å²) in [6.07, 6.45) is 3.85. The van der Waals surface area contributed by atoms with Crippen molar-refractivity contribution in [2.45, 2.75) is 45.3 Å². The quantitative estimate of drug-likeness (QED) is 0.543. The van der Waals surface area contributed by atoms with Crippen molar-refractivity contribution in [1.29, 1.82) is 0 Å². The van der Waals surface area contributed by atoms with Gasteiger partial charge in [-0.3, -0.25) is 19.8 Å². The van der Waals surface area contributed by atoms with Gasteiger partial charge in [-0.25, -0.2) is 0 Å². The first-order valence-corrected chi connectivity index (χ1v) is 9.97. The maximum Gasteiger partial charge on any atom is 0.310 e. The molecule has 2 aromatic carbocycles. The van der Waals surface area contributed by atoms with Crippen molar-refractivity contribution in [2.75, 3.05) is 13.2 Å². The van der Waals surface area contributed by atoms with Crippen molar-refractivity contribution in [3.8, 4) is 5.75 Å². The van der Waals surface area contributed by atoms with Crippen LogP contribution in [0.2, 0.25) is 0 Å². The number of rotatable bonds is 8.